The first-order valence-electron chi connectivity index (χ1n) is 10.6. The van der Waals surface area contributed by atoms with Gasteiger partial charge in [-0.3, -0.25) is 24.5 Å². The molecule has 0 radical (unpaired) electrons. The number of pyridine rings is 1. The third kappa shape index (κ3) is 8.49. The Morgan fingerprint density at radius 2 is 1.62 bits per heavy atom. The second-order valence-corrected chi connectivity index (χ2v) is 9.36. The number of ether oxygens (including phenoxy) is 1. The van der Waals surface area contributed by atoms with E-state index in [9.17, 15) is 18.0 Å². The lowest BCUT2D eigenvalue weighted by Crippen LogP contribution is -2.38. The number of halogens is 1. The van der Waals surface area contributed by atoms with Crippen LogP contribution in [-0.4, -0.2) is 65.2 Å². The second kappa shape index (κ2) is 12.2. The fourth-order valence-electron chi connectivity index (χ4n) is 3.03. The number of rotatable bonds is 5. The molecular formula is C22H22ClN7O6S. The monoisotopic (exact) mass is 547 g/mol. The highest BCUT2D eigenvalue weighted by molar-refractivity contribution is 7.85. The fourth-order valence-corrected chi connectivity index (χ4v) is 3.14. The number of carbonyl (C=O) groups is 2. The third-order valence-electron chi connectivity index (χ3n) is 4.54. The van der Waals surface area contributed by atoms with Gasteiger partial charge in [-0.25, -0.2) is 15.0 Å². The van der Waals surface area contributed by atoms with E-state index < -0.39 is 21.9 Å². The molecule has 37 heavy (non-hydrogen) atoms. The number of amidine groups is 1. The number of hydrogen-bond donors (Lipinski definition) is 4. The number of amides is 2. The van der Waals surface area contributed by atoms with Crippen LogP contribution in [-0.2, 0) is 14.9 Å². The highest BCUT2D eigenvalue weighted by Gasteiger charge is 2.21. The smallest absolute Gasteiger partial charge is 0.288 e. The second-order valence-electron chi connectivity index (χ2n) is 7.46. The molecular weight excluding hydrogens is 526 g/mol. The Morgan fingerprint density at radius 1 is 1.03 bits per heavy atom. The Balaban J connectivity index is 0.000000695. The summed E-state index contributed by atoms with van der Waals surface area (Å²) >= 11 is 5.80. The molecule has 0 atom stereocenters. The first-order valence-corrected chi connectivity index (χ1v) is 12.8. The van der Waals surface area contributed by atoms with Gasteiger partial charge in [0.25, 0.3) is 28.0 Å². The van der Waals surface area contributed by atoms with Crippen molar-refractivity contribution >= 4 is 56.7 Å². The molecule has 3 aromatic rings. The number of aromatic nitrogens is 3. The minimum Gasteiger partial charge on any atom is -0.465 e. The Kier molecular flexibility index (Phi) is 9.05. The lowest BCUT2D eigenvalue weighted by molar-refractivity contribution is 0.0982. The van der Waals surface area contributed by atoms with Crippen LogP contribution in [0.1, 0.15) is 27.4 Å². The van der Waals surface area contributed by atoms with Crippen molar-refractivity contribution < 1.29 is 27.3 Å². The molecule has 0 spiro atoms. The Labute approximate surface area is 217 Å². The van der Waals surface area contributed by atoms with Crippen molar-refractivity contribution in [3.05, 3.63) is 71.4 Å². The van der Waals surface area contributed by atoms with Crippen molar-refractivity contribution in [1.82, 2.24) is 15.0 Å². The van der Waals surface area contributed by atoms with Crippen molar-refractivity contribution in [3.8, 4) is 0 Å². The molecule has 1 aromatic carbocycles. The van der Waals surface area contributed by atoms with Crippen LogP contribution in [0.5, 0.6) is 0 Å². The summed E-state index contributed by atoms with van der Waals surface area (Å²) in [6.07, 6.45) is 5.59. The van der Waals surface area contributed by atoms with Crippen LogP contribution < -0.4 is 15.5 Å². The van der Waals surface area contributed by atoms with Gasteiger partial charge in [-0.2, -0.15) is 8.42 Å². The van der Waals surface area contributed by atoms with Gasteiger partial charge >= 0.3 is 0 Å². The first-order chi connectivity index (χ1) is 17.5. The van der Waals surface area contributed by atoms with E-state index in [4.69, 9.17) is 26.3 Å². The zero-order valence-corrected chi connectivity index (χ0v) is 21.0. The van der Waals surface area contributed by atoms with Crippen LogP contribution in [0.15, 0.2) is 55.0 Å². The van der Waals surface area contributed by atoms with Crippen LogP contribution >= 0.6 is 11.6 Å². The number of nitrogens with one attached hydrogen (secondary N) is 3. The summed E-state index contributed by atoms with van der Waals surface area (Å²) in [5.74, 6) is -0.953. The van der Waals surface area contributed by atoms with Crippen molar-refractivity contribution in [3.63, 3.8) is 0 Å². The largest absolute Gasteiger partial charge is 0.465 e. The first kappa shape index (κ1) is 27.4. The third-order valence-corrected chi connectivity index (χ3v) is 4.77. The summed E-state index contributed by atoms with van der Waals surface area (Å²) in [4.78, 5) is 39.2. The molecule has 2 amide bonds. The van der Waals surface area contributed by atoms with E-state index in [-0.39, 0.29) is 23.2 Å². The van der Waals surface area contributed by atoms with E-state index in [1.807, 2.05) is 0 Å². The summed E-state index contributed by atoms with van der Waals surface area (Å²) in [6, 6.07) is 10.1. The van der Waals surface area contributed by atoms with E-state index in [1.165, 1.54) is 24.7 Å². The molecule has 1 saturated heterocycles. The number of hydrogen-bond acceptors (Lipinski definition) is 9. The number of benzene rings is 1. The maximum atomic E-state index is 12.8. The van der Waals surface area contributed by atoms with Crippen LogP contribution in [0.4, 0.5) is 17.2 Å². The summed E-state index contributed by atoms with van der Waals surface area (Å²) in [6.45, 7) is 1.22. The minimum atomic E-state index is -3.67. The van der Waals surface area contributed by atoms with Crippen LogP contribution in [0, 0.1) is 5.41 Å². The predicted molar refractivity (Wildman–Crippen MR) is 137 cm³/mol. The SMILES string of the molecule is CS(=O)(=O)O.N=C1OCCCN1c1ccc(NC(=O)c2nccnc2C(=O)Nc2ccc(Cl)cn2)cc1. The zero-order chi connectivity index (χ0) is 27.0. The van der Waals surface area contributed by atoms with Gasteiger partial charge in [0.05, 0.1) is 17.9 Å². The van der Waals surface area contributed by atoms with Crippen molar-refractivity contribution in [2.24, 2.45) is 0 Å². The molecule has 194 valence electrons. The molecule has 0 aliphatic carbocycles. The van der Waals surface area contributed by atoms with E-state index in [0.29, 0.717) is 30.1 Å². The molecule has 1 fully saturated rings. The van der Waals surface area contributed by atoms with Gasteiger partial charge in [0.2, 0.25) is 0 Å². The van der Waals surface area contributed by atoms with Crippen LogP contribution in [0.2, 0.25) is 5.02 Å². The van der Waals surface area contributed by atoms with Crippen molar-refractivity contribution in [2.75, 3.05) is 34.9 Å². The molecule has 0 saturated carbocycles. The standard InChI is InChI=1S/C21H18ClN7O3.CH4O3S/c22-13-2-7-16(26-12-13)28-20(31)18-17(24-8-9-25-18)19(30)27-14-3-5-15(6-4-14)29-10-1-11-32-21(29)23;1-5(2,3)4/h2-9,12,23H,1,10-11H2,(H,27,30)(H,26,28,31);1H3,(H,2,3,4). The molecule has 1 aliphatic heterocycles. The van der Waals surface area contributed by atoms with Gasteiger partial charge in [0.1, 0.15) is 5.82 Å². The summed E-state index contributed by atoms with van der Waals surface area (Å²) in [7, 11) is -3.67. The lowest BCUT2D eigenvalue weighted by Gasteiger charge is -2.28. The maximum Gasteiger partial charge on any atom is 0.288 e. The molecule has 15 heteroatoms. The van der Waals surface area contributed by atoms with E-state index in [0.717, 1.165) is 12.1 Å². The number of carbonyl (C=O) groups excluding carboxylic acids is 2. The van der Waals surface area contributed by atoms with E-state index in [2.05, 4.69) is 25.6 Å². The van der Waals surface area contributed by atoms with Gasteiger partial charge in [0, 0.05) is 36.5 Å². The van der Waals surface area contributed by atoms with Crippen molar-refractivity contribution in [1.29, 1.82) is 5.41 Å². The Morgan fingerprint density at radius 3 is 2.16 bits per heavy atom. The predicted octanol–water partition coefficient (Wildman–Crippen LogP) is 2.70. The molecule has 0 unspecified atom stereocenters. The summed E-state index contributed by atoms with van der Waals surface area (Å²) in [5, 5.41) is 13.6. The molecule has 4 rings (SSSR count). The molecule has 3 heterocycles. The zero-order valence-electron chi connectivity index (χ0n) is 19.4. The number of anilines is 3. The highest BCUT2D eigenvalue weighted by atomic mass is 35.5. The van der Waals surface area contributed by atoms with Crippen molar-refractivity contribution in [2.45, 2.75) is 6.42 Å². The van der Waals surface area contributed by atoms with Gasteiger partial charge in [-0.05, 0) is 42.8 Å². The quantitative estimate of drug-likeness (QED) is 0.346. The minimum absolute atomic E-state index is 0.0958. The average Bonchev–Trinajstić information content (AvgIpc) is 2.85. The molecule has 4 N–H and O–H groups in total. The van der Waals surface area contributed by atoms with Crippen LogP contribution in [0.3, 0.4) is 0 Å². The van der Waals surface area contributed by atoms with Gasteiger partial charge in [-0.1, -0.05) is 11.6 Å². The van der Waals surface area contributed by atoms with Gasteiger partial charge in [0.15, 0.2) is 11.4 Å². The lowest BCUT2D eigenvalue weighted by atomic mass is 10.2. The normalized spacial score (nSPS) is 13.1. The molecule has 0 bridgehead atoms. The van der Waals surface area contributed by atoms with Gasteiger partial charge < -0.3 is 15.4 Å². The Hall–Kier alpha value is -4.14. The van der Waals surface area contributed by atoms with E-state index >= 15 is 0 Å². The fraction of sp³-hybridized carbons (Fsp3) is 0.182. The molecule has 1 aliphatic rings. The summed E-state index contributed by atoms with van der Waals surface area (Å²) < 4.78 is 31.1. The molecule has 13 nitrogen and oxygen atoms in total. The summed E-state index contributed by atoms with van der Waals surface area (Å²) in [5.41, 5.74) is 1.01. The topological polar surface area (TPSA) is 188 Å². The average molecular weight is 548 g/mol. The van der Waals surface area contributed by atoms with Gasteiger partial charge in [-0.15, -0.1) is 0 Å². The number of nitrogens with zero attached hydrogens (tertiary/aromatic N) is 4. The van der Waals surface area contributed by atoms with E-state index in [1.54, 1.807) is 35.2 Å². The van der Waals surface area contributed by atoms with Crippen LogP contribution in [0.25, 0.3) is 0 Å². The molecule has 2 aromatic heterocycles. The highest BCUT2D eigenvalue weighted by Crippen LogP contribution is 2.21. The Bertz CT molecular complexity index is 1380. The maximum absolute atomic E-state index is 12.8.